The molecule has 1 rings (SSSR count). The standard InChI is InChI=1S/C15H17NO4/c1-10(2)9-20-13-6-4-12(5-7-13)8-14(15(18)19)16-11(3)17/h4-8H,1,9H2,2-3H3,(H,16,17)(H,18,19)/b14-8+. The fourth-order valence-corrected chi connectivity index (χ4v) is 1.37. The molecule has 0 aliphatic heterocycles. The number of hydrogen-bond donors (Lipinski definition) is 2. The molecule has 1 aromatic rings. The van der Waals surface area contributed by atoms with Gasteiger partial charge in [0.2, 0.25) is 5.91 Å². The first-order valence-electron chi connectivity index (χ1n) is 5.98. The fraction of sp³-hybridized carbons (Fsp3) is 0.200. The Hall–Kier alpha value is -2.56. The van der Waals surface area contributed by atoms with Gasteiger partial charge in [0.05, 0.1) is 0 Å². The average molecular weight is 275 g/mol. The summed E-state index contributed by atoms with van der Waals surface area (Å²) in [7, 11) is 0. The molecule has 0 radical (unpaired) electrons. The van der Waals surface area contributed by atoms with Crippen LogP contribution in [0, 0.1) is 0 Å². The van der Waals surface area contributed by atoms with Crippen molar-refractivity contribution >= 4 is 18.0 Å². The molecular formula is C15H17NO4. The van der Waals surface area contributed by atoms with Crippen LogP contribution in [0.5, 0.6) is 5.75 Å². The van der Waals surface area contributed by atoms with Crippen LogP contribution in [0.1, 0.15) is 19.4 Å². The summed E-state index contributed by atoms with van der Waals surface area (Å²) in [5.41, 5.74) is 1.39. The Labute approximate surface area is 117 Å². The van der Waals surface area contributed by atoms with Crippen LogP contribution in [0.4, 0.5) is 0 Å². The van der Waals surface area contributed by atoms with Gasteiger partial charge in [-0.15, -0.1) is 0 Å². The van der Waals surface area contributed by atoms with E-state index < -0.39 is 11.9 Å². The average Bonchev–Trinajstić information content (AvgIpc) is 2.36. The lowest BCUT2D eigenvalue weighted by atomic mass is 10.2. The maximum atomic E-state index is 11.0. The summed E-state index contributed by atoms with van der Waals surface area (Å²) in [5, 5.41) is 11.2. The number of nitrogens with one attached hydrogen (secondary N) is 1. The summed E-state index contributed by atoms with van der Waals surface area (Å²) in [5.74, 6) is -0.954. The molecule has 0 aromatic heterocycles. The van der Waals surface area contributed by atoms with Gasteiger partial charge in [-0.25, -0.2) is 4.79 Å². The molecule has 2 N–H and O–H groups in total. The van der Waals surface area contributed by atoms with E-state index in [1.165, 1.54) is 13.0 Å². The lowest BCUT2D eigenvalue weighted by molar-refractivity contribution is -0.134. The molecule has 0 fully saturated rings. The van der Waals surface area contributed by atoms with Crippen molar-refractivity contribution in [2.45, 2.75) is 13.8 Å². The lowest BCUT2D eigenvalue weighted by Gasteiger charge is -2.06. The molecule has 5 heteroatoms. The van der Waals surface area contributed by atoms with E-state index in [0.717, 1.165) is 5.57 Å². The molecular weight excluding hydrogens is 258 g/mol. The third-order valence-corrected chi connectivity index (χ3v) is 2.22. The van der Waals surface area contributed by atoms with E-state index in [0.29, 0.717) is 17.9 Å². The summed E-state index contributed by atoms with van der Waals surface area (Å²) >= 11 is 0. The summed E-state index contributed by atoms with van der Waals surface area (Å²) in [6, 6.07) is 6.86. The van der Waals surface area contributed by atoms with E-state index in [1.54, 1.807) is 24.3 Å². The van der Waals surface area contributed by atoms with Crippen molar-refractivity contribution in [1.82, 2.24) is 5.32 Å². The van der Waals surface area contributed by atoms with Crippen molar-refractivity contribution in [3.63, 3.8) is 0 Å². The van der Waals surface area contributed by atoms with Gasteiger partial charge < -0.3 is 15.2 Å². The molecule has 0 spiro atoms. The zero-order valence-corrected chi connectivity index (χ0v) is 11.5. The molecule has 106 valence electrons. The van der Waals surface area contributed by atoms with Crippen molar-refractivity contribution in [1.29, 1.82) is 0 Å². The van der Waals surface area contributed by atoms with Gasteiger partial charge in [-0.05, 0) is 36.3 Å². The highest BCUT2D eigenvalue weighted by molar-refractivity contribution is 5.96. The second-order valence-corrected chi connectivity index (χ2v) is 4.36. The van der Waals surface area contributed by atoms with Crippen molar-refractivity contribution in [3.8, 4) is 5.75 Å². The van der Waals surface area contributed by atoms with Crippen molar-refractivity contribution in [3.05, 3.63) is 47.7 Å². The third-order valence-electron chi connectivity index (χ3n) is 2.22. The second-order valence-electron chi connectivity index (χ2n) is 4.36. The van der Waals surface area contributed by atoms with E-state index in [9.17, 15) is 9.59 Å². The smallest absolute Gasteiger partial charge is 0.352 e. The molecule has 1 aromatic carbocycles. The van der Waals surface area contributed by atoms with E-state index in [1.807, 2.05) is 6.92 Å². The summed E-state index contributed by atoms with van der Waals surface area (Å²) in [6.07, 6.45) is 1.38. The molecule has 1 amide bonds. The van der Waals surface area contributed by atoms with Crippen molar-refractivity contribution < 1.29 is 19.4 Å². The Morgan fingerprint density at radius 2 is 1.90 bits per heavy atom. The minimum absolute atomic E-state index is 0.173. The molecule has 0 bridgehead atoms. The van der Waals surface area contributed by atoms with Gasteiger partial charge in [0.25, 0.3) is 0 Å². The van der Waals surface area contributed by atoms with E-state index >= 15 is 0 Å². The zero-order valence-electron chi connectivity index (χ0n) is 11.5. The molecule has 0 unspecified atom stereocenters. The molecule has 0 aliphatic carbocycles. The number of carbonyl (C=O) groups is 2. The highest BCUT2D eigenvalue weighted by Crippen LogP contribution is 2.14. The predicted molar refractivity (Wildman–Crippen MR) is 76.2 cm³/mol. The molecule has 0 saturated heterocycles. The van der Waals surface area contributed by atoms with Crippen molar-refractivity contribution in [2.75, 3.05) is 6.61 Å². The van der Waals surface area contributed by atoms with Gasteiger partial charge in [0.1, 0.15) is 18.1 Å². The van der Waals surface area contributed by atoms with Crippen LogP contribution in [-0.2, 0) is 9.59 Å². The molecule has 20 heavy (non-hydrogen) atoms. The summed E-state index contributed by atoms with van der Waals surface area (Å²) in [6.45, 7) is 7.29. The highest BCUT2D eigenvalue weighted by Gasteiger charge is 2.08. The Balaban J connectivity index is 2.83. The van der Waals surface area contributed by atoms with Crippen LogP contribution in [0.25, 0.3) is 6.08 Å². The first-order chi connectivity index (χ1) is 9.38. The zero-order chi connectivity index (χ0) is 15.1. The van der Waals surface area contributed by atoms with Gasteiger partial charge in [-0.1, -0.05) is 18.7 Å². The Morgan fingerprint density at radius 3 is 2.35 bits per heavy atom. The lowest BCUT2D eigenvalue weighted by Crippen LogP contribution is -2.24. The number of carboxylic acid groups (broad SMARTS) is 1. The highest BCUT2D eigenvalue weighted by atomic mass is 16.5. The first-order valence-corrected chi connectivity index (χ1v) is 5.98. The maximum Gasteiger partial charge on any atom is 0.352 e. The fourth-order valence-electron chi connectivity index (χ4n) is 1.37. The monoisotopic (exact) mass is 275 g/mol. The van der Waals surface area contributed by atoms with Crippen LogP contribution in [-0.4, -0.2) is 23.6 Å². The number of hydrogen-bond acceptors (Lipinski definition) is 3. The Morgan fingerprint density at radius 1 is 1.30 bits per heavy atom. The van der Waals surface area contributed by atoms with Crippen LogP contribution < -0.4 is 10.1 Å². The van der Waals surface area contributed by atoms with Crippen LogP contribution >= 0.6 is 0 Å². The largest absolute Gasteiger partial charge is 0.489 e. The number of benzene rings is 1. The van der Waals surface area contributed by atoms with E-state index in [-0.39, 0.29) is 5.70 Å². The maximum absolute atomic E-state index is 11.0. The Kier molecular flexibility index (Phi) is 5.53. The SMILES string of the molecule is C=C(C)COc1ccc(/C=C(/NC(C)=O)C(=O)O)cc1. The van der Waals surface area contributed by atoms with Gasteiger partial charge in [-0.3, -0.25) is 4.79 Å². The topological polar surface area (TPSA) is 75.6 Å². The number of amides is 1. The quantitative estimate of drug-likeness (QED) is 0.616. The minimum Gasteiger partial charge on any atom is -0.489 e. The number of carboxylic acids is 1. The van der Waals surface area contributed by atoms with Crippen LogP contribution in [0.2, 0.25) is 0 Å². The van der Waals surface area contributed by atoms with Crippen LogP contribution in [0.3, 0.4) is 0 Å². The van der Waals surface area contributed by atoms with Gasteiger partial charge in [0, 0.05) is 6.92 Å². The number of ether oxygens (including phenoxy) is 1. The second kappa shape index (κ2) is 7.13. The first kappa shape index (κ1) is 15.5. The molecule has 0 aliphatic rings. The predicted octanol–water partition coefficient (Wildman–Crippen LogP) is 2.20. The van der Waals surface area contributed by atoms with Crippen LogP contribution in [0.15, 0.2) is 42.1 Å². The summed E-state index contributed by atoms with van der Waals surface area (Å²) < 4.78 is 5.43. The van der Waals surface area contributed by atoms with Gasteiger partial charge in [-0.2, -0.15) is 0 Å². The van der Waals surface area contributed by atoms with E-state index in [4.69, 9.17) is 9.84 Å². The third kappa shape index (κ3) is 5.39. The number of rotatable bonds is 6. The molecule has 0 atom stereocenters. The number of carbonyl (C=O) groups excluding carboxylic acids is 1. The summed E-state index contributed by atoms with van der Waals surface area (Å²) in [4.78, 5) is 21.9. The minimum atomic E-state index is -1.19. The van der Waals surface area contributed by atoms with Gasteiger partial charge >= 0.3 is 5.97 Å². The molecule has 0 heterocycles. The van der Waals surface area contributed by atoms with Crippen molar-refractivity contribution in [2.24, 2.45) is 0 Å². The molecule has 5 nitrogen and oxygen atoms in total. The normalized spacial score (nSPS) is 10.8. The van der Waals surface area contributed by atoms with Gasteiger partial charge in [0.15, 0.2) is 0 Å². The number of aliphatic carboxylic acids is 1. The molecule has 0 saturated carbocycles. The van der Waals surface area contributed by atoms with E-state index in [2.05, 4.69) is 11.9 Å². The Bertz CT molecular complexity index is 543.